The highest BCUT2D eigenvalue weighted by Gasteiger charge is 2.26. The highest BCUT2D eigenvalue weighted by molar-refractivity contribution is 7.99. The minimum absolute atomic E-state index is 0.648. The van der Waals surface area contributed by atoms with E-state index in [4.69, 9.17) is 4.98 Å². The summed E-state index contributed by atoms with van der Waals surface area (Å²) in [6.45, 7) is 0.868. The first-order valence-electron chi connectivity index (χ1n) is 6.96. The zero-order valence-corrected chi connectivity index (χ0v) is 12.4. The Balaban J connectivity index is 1.73. The standard InChI is InChI=1S/C15H21N3S/c1-18-13-8-4-3-6-11(13)17-15(18)10-16-12-7-5-9-14(12)19-2/h3-4,6,8,12,14,16H,5,7,9-10H2,1-2H3. The van der Waals surface area contributed by atoms with E-state index < -0.39 is 0 Å². The Morgan fingerprint density at radius 2 is 2.21 bits per heavy atom. The molecule has 3 rings (SSSR count). The number of nitrogens with zero attached hydrogens (tertiary/aromatic N) is 2. The molecule has 0 aliphatic heterocycles. The Morgan fingerprint density at radius 1 is 1.37 bits per heavy atom. The number of fused-ring (bicyclic) bond motifs is 1. The van der Waals surface area contributed by atoms with Crippen LogP contribution < -0.4 is 5.32 Å². The second kappa shape index (κ2) is 5.55. The van der Waals surface area contributed by atoms with Gasteiger partial charge in [-0.3, -0.25) is 0 Å². The molecule has 1 fully saturated rings. The van der Waals surface area contributed by atoms with Gasteiger partial charge in [0.15, 0.2) is 0 Å². The van der Waals surface area contributed by atoms with E-state index in [2.05, 4.69) is 41.4 Å². The number of aryl methyl sites for hydroxylation is 1. The summed E-state index contributed by atoms with van der Waals surface area (Å²) >= 11 is 2.00. The van der Waals surface area contributed by atoms with Crippen LogP contribution >= 0.6 is 11.8 Å². The maximum atomic E-state index is 4.72. The van der Waals surface area contributed by atoms with Crippen LogP contribution in [0.3, 0.4) is 0 Å². The number of hydrogen-bond donors (Lipinski definition) is 1. The number of rotatable bonds is 4. The summed E-state index contributed by atoms with van der Waals surface area (Å²) in [5.74, 6) is 1.13. The molecule has 1 saturated carbocycles. The molecule has 0 radical (unpaired) electrons. The van der Waals surface area contributed by atoms with Gasteiger partial charge in [-0.25, -0.2) is 4.98 Å². The van der Waals surface area contributed by atoms with Crippen molar-refractivity contribution in [3.63, 3.8) is 0 Å². The van der Waals surface area contributed by atoms with Gasteiger partial charge in [0, 0.05) is 18.3 Å². The van der Waals surface area contributed by atoms with Crippen molar-refractivity contribution in [2.75, 3.05) is 6.26 Å². The summed E-state index contributed by atoms with van der Waals surface area (Å²) in [7, 11) is 2.10. The monoisotopic (exact) mass is 275 g/mol. The summed E-state index contributed by atoms with van der Waals surface area (Å²) in [5.41, 5.74) is 2.31. The van der Waals surface area contributed by atoms with Crippen LogP contribution in [-0.4, -0.2) is 27.1 Å². The molecule has 1 aliphatic rings. The van der Waals surface area contributed by atoms with Crippen molar-refractivity contribution >= 4 is 22.8 Å². The van der Waals surface area contributed by atoms with Crippen molar-refractivity contribution in [2.45, 2.75) is 37.1 Å². The van der Waals surface area contributed by atoms with Crippen molar-refractivity contribution in [1.82, 2.24) is 14.9 Å². The summed E-state index contributed by atoms with van der Waals surface area (Å²) < 4.78 is 2.20. The van der Waals surface area contributed by atoms with Crippen LogP contribution in [-0.2, 0) is 13.6 Å². The third-order valence-electron chi connectivity index (χ3n) is 4.16. The van der Waals surface area contributed by atoms with Gasteiger partial charge in [0.05, 0.1) is 17.6 Å². The van der Waals surface area contributed by atoms with E-state index >= 15 is 0 Å². The molecule has 0 saturated heterocycles. The van der Waals surface area contributed by atoms with Gasteiger partial charge in [-0.2, -0.15) is 11.8 Å². The van der Waals surface area contributed by atoms with Crippen LogP contribution in [0.2, 0.25) is 0 Å². The Hall–Kier alpha value is -1.00. The molecule has 102 valence electrons. The fraction of sp³-hybridized carbons (Fsp3) is 0.533. The van der Waals surface area contributed by atoms with Gasteiger partial charge in [0.1, 0.15) is 5.82 Å². The molecule has 1 aromatic heterocycles. The molecule has 3 nitrogen and oxygen atoms in total. The van der Waals surface area contributed by atoms with Gasteiger partial charge >= 0.3 is 0 Å². The Labute approximate surface area is 118 Å². The zero-order valence-electron chi connectivity index (χ0n) is 11.6. The Morgan fingerprint density at radius 3 is 3.00 bits per heavy atom. The highest BCUT2D eigenvalue weighted by atomic mass is 32.2. The van der Waals surface area contributed by atoms with Crippen LogP contribution in [0.1, 0.15) is 25.1 Å². The SMILES string of the molecule is CSC1CCCC1NCc1nc2ccccc2n1C. The maximum Gasteiger partial charge on any atom is 0.123 e. The molecule has 0 bridgehead atoms. The van der Waals surface area contributed by atoms with Gasteiger partial charge in [0.25, 0.3) is 0 Å². The molecule has 0 amide bonds. The zero-order chi connectivity index (χ0) is 13.2. The van der Waals surface area contributed by atoms with E-state index in [9.17, 15) is 0 Å². The molecule has 2 unspecified atom stereocenters. The van der Waals surface area contributed by atoms with Crippen LogP contribution in [0.5, 0.6) is 0 Å². The maximum absolute atomic E-state index is 4.72. The van der Waals surface area contributed by atoms with Crippen LogP contribution in [0, 0.1) is 0 Å². The molecule has 0 spiro atoms. The smallest absolute Gasteiger partial charge is 0.123 e. The lowest BCUT2D eigenvalue weighted by Gasteiger charge is -2.18. The summed E-state index contributed by atoms with van der Waals surface area (Å²) in [6, 6.07) is 8.98. The normalized spacial score (nSPS) is 23.3. The third kappa shape index (κ3) is 2.51. The molecule has 1 N–H and O–H groups in total. The van der Waals surface area contributed by atoms with Crippen molar-refractivity contribution in [2.24, 2.45) is 7.05 Å². The van der Waals surface area contributed by atoms with Gasteiger partial charge in [0.2, 0.25) is 0 Å². The average Bonchev–Trinajstić information content (AvgIpc) is 3.01. The molecule has 1 aromatic carbocycles. The molecule has 1 heterocycles. The number of para-hydroxylation sites is 2. The van der Waals surface area contributed by atoms with E-state index in [1.807, 2.05) is 17.8 Å². The molecule has 19 heavy (non-hydrogen) atoms. The van der Waals surface area contributed by atoms with Gasteiger partial charge in [-0.15, -0.1) is 0 Å². The fourth-order valence-electron chi connectivity index (χ4n) is 3.02. The van der Waals surface area contributed by atoms with Crippen molar-refractivity contribution < 1.29 is 0 Å². The van der Waals surface area contributed by atoms with Crippen molar-refractivity contribution in [1.29, 1.82) is 0 Å². The number of nitrogens with one attached hydrogen (secondary N) is 1. The number of thioether (sulfide) groups is 1. The van der Waals surface area contributed by atoms with E-state index in [-0.39, 0.29) is 0 Å². The van der Waals surface area contributed by atoms with E-state index in [0.29, 0.717) is 6.04 Å². The van der Waals surface area contributed by atoms with Crippen LogP contribution in [0.15, 0.2) is 24.3 Å². The van der Waals surface area contributed by atoms with Gasteiger partial charge in [-0.05, 0) is 31.2 Å². The lowest BCUT2D eigenvalue weighted by atomic mass is 10.2. The topological polar surface area (TPSA) is 29.9 Å². The highest BCUT2D eigenvalue weighted by Crippen LogP contribution is 2.28. The first kappa shape index (κ1) is 13.0. The van der Waals surface area contributed by atoms with Crippen LogP contribution in [0.4, 0.5) is 0 Å². The summed E-state index contributed by atoms with van der Waals surface area (Å²) in [5, 5.41) is 4.47. The quantitative estimate of drug-likeness (QED) is 0.930. The Kier molecular flexibility index (Phi) is 3.80. The van der Waals surface area contributed by atoms with E-state index in [1.165, 1.54) is 24.8 Å². The van der Waals surface area contributed by atoms with Gasteiger partial charge in [-0.1, -0.05) is 18.6 Å². The minimum Gasteiger partial charge on any atom is -0.330 e. The van der Waals surface area contributed by atoms with Crippen molar-refractivity contribution in [3.05, 3.63) is 30.1 Å². The third-order valence-corrected chi connectivity index (χ3v) is 5.33. The number of aromatic nitrogens is 2. The lowest BCUT2D eigenvalue weighted by molar-refractivity contribution is 0.515. The average molecular weight is 275 g/mol. The molecule has 4 heteroatoms. The number of imidazole rings is 1. The first-order chi connectivity index (χ1) is 9.29. The minimum atomic E-state index is 0.648. The molecule has 2 atom stereocenters. The molecular formula is C15H21N3S. The predicted molar refractivity (Wildman–Crippen MR) is 82.5 cm³/mol. The second-order valence-electron chi connectivity index (χ2n) is 5.27. The molecule has 1 aliphatic carbocycles. The van der Waals surface area contributed by atoms with E-state index in [0.717, 1.165) is 23.1 Å². The molecule has 2 aromatic rings. The Bertz CT molecular complexity index is 564. The first-order valence-corrected chi connectivity index (χ1v) is 8.25. The molecular weight excluding hydrogens is 254 g/mol. The number of benzene rings is 1. The van der Waals surface area contributed by atoms with Gasteiger partial charge < -0.3 is 9.88 Å². The second-order valence-corrected chi connectivity index (χ2v) is 6.35. The fourth-order valence-corrected chi connectivity index (χ4v) is 3.98. The summed E-state index contributed by atoms with van der Waals surface area (Å²) in [6.07, 6.45) is 6.22. The van der Waals surface area contributed by atoms with Crippen molar-refractivity contribution in [3.8, 4) is 0 Å². The number of hydrogen-bond acceptors (Lipinski definition) is 3. The summed E-state index contributed by atoms with van der Waals surface area (Å²) in [4.78, 5) is 4.72. The largest absolute Gasteiger partial charge is 0.330 e. The lowest BCUT2D eigenvalue weighted by Crippen LogP contribution is -2.34. The van der Waals surface area contributed by atoms with Crippen LogP contribution in [0.25, 0.3) is 11.0 Å². The van der Waals surface area contributed by atoms with E-state index in [1.54, 1.807) is 0 Å². The predicted octanol–water partition coefficient (Wildman–Crippen LogP) is 2.95.